The monoisotopic (exact) mass is 445 g/mol. The molecule has 0 aliphatic carbocycles. The molecule has 0 spiro atoms. The van der Waals surface area contributed by atoms with Gasteiger partial charge in [0.15, 0.2) is 0 Å². The summed E-state index contributed by atoms with van der Waals surface area (Å²) in [7, 11) is -4.07. The molecule has 0 radical (unpaired) electrons. The van der Waals surface area contributed by atoms with Crippen molar-refractivity contribution in [1.82, 2.24) is 10.3 Å². The highest BCUT2D eigenvalue weighted by Gasteiger charge is 2.19. The Morgan fingerprint density at radius 1 is 1.13 bits per heavy atom. The standard InChI is InChI=1S/C21H23N3O4S2/c1-2-17-14-29-21(23-17)19(24-20(25)13-15-6-4-3-5-7-15)12-16-8-10-18(11-9-16)28-30(22,26)27/h3-11,14,19H,2,12-13H2,1H3,(H,24,25)(H2,22,26,27)/t19-/m0/s1. The third-order valence-corrected chi connectivity index (χ3v) is 5.78. The van der Waals surface area contributed by atoms with Crippen molar-refractivity contribution in [3.05, 3.63) is 81.8 Å². The van der Waals surface area contributed by atoms with Crippen LogP contribution in [0.4, 0.5) is 0 Å². The van der Waals surface area contributed by atoms with Gasteiger partial charge in [0.2, 0.25) is 5.91 Å². The van der Waals surface area contributed by atoms with Crippen LogP contribution in [0.5, 0.6) is 5.75 Å². The molecule has 3 N–H and O–H groups in total. The highest BCUT2D eigenvalue weighted by molar-refractivity contribution is 7.84. The van der Waals surface area contributed by atoms with Crippen molar-refractivity contribution in [2.45, 2.75) is 32.2 Å². The van der Waals surface area contributed by atoms with Gasteiger partial charge in [-0.3, -0.25) is 4.79 Å². The van der Waals surface area contributed by atoms with Gasteiger partial charge in [-0.1, -0.05) is 49.4 Å². The number of aromatic nitrogens is 1. The van der Waals surface area contributed by atoms with E-state index in [1.54, 1.807) is 12.1 Å². The molecule has 9 heteroatoms. The highest BCUT2D eigenvalue weighted by Crippen LogP contribution is 2.24. The van der Waals surface area contributed by atoms with Crippen molar-refractivity contribution in [2.24, 2.45) is 5.14 Å². The van der Waals surface area contributed by atoms with E-state index < -0.39 is 10.3 Å². The van der Waals surface area contributed by atoms with Crippen LogP contribution in [0.3, 0.4) is 0 Å². The van der Waals surface area contributed by atoms with Gasteiger partial charge in [-0.2, -0.15) is 13.6 Å². The van der Waals surface area contributed by atoms with Crippen LogP contribution >= 0.6 is 11.3 Å². The second-order valence-corrected chi connectivity index (χ2v) is 8.78. The summed E-state index contributed by atoms with van der Waals surface area (Å²) in [6.07, 6.45) is 1.61. The van der Waals surface area contributed by atoms with Gasteiger partial charge in [-0.25, -0.2) is 4.98 Å². The van der Waals surface area contributed by atoms with Crippen molar-refractivity contribution in [3.8, 4) is 5.75 Å². The Morgan fingerprint density at radius 2 is 1.83 bits per heavy atom. The molecular weight excluding hydrogens is 422 g/mol. The van der Waals surface area contributed by atoms with E-state index in [0.717, 1.165) is 28.2 Å². The number of thiazole rings is 1. The fourth-order valence-corrected chi connectivity index (χ4v) is 4.25. The zero-order valence-electron chi connectivity index (χ0n) is 16.4. The average Bonchev–Trinajstić information content (AvgIpc) is 3.18. The van der Waals surface area contributed by atoms with Gasteiger partial charge in [0.25, 0.3) is 0 Å². The van der Waals surface area contributed by atoms with E-state index in [0.29, 0.717) is 6.42 Å². The molecule has 0 unspecified atom stereocenters. The van der Waals surface area contributed by atoms with Crippen LogP contribution < -0.4 is 14.6 Å². The minimum Gasteiger partial charge on any atom is -0.371 e. The van der Waals surface area contributed by atoms with Crippen LogP contribution in [0, 0.1) is 0 Å². The Hall–Kier alpha value is -2.75. The summed E-state index contributed by atoms with van der Waals surface area (Å²) >= 11 is 1.51. The lowest BCUT2D eigenvalue weighted by atomic mass is 10.1. The molecule has 7 nitrogen and oxygen atoms in total. The lowest BCUT2D eigenvalue weighted by Gasteiger charge is -2.17. The molecule has 158 valence electrons. The Bertz CT molecular complexity index is 1080. The van der Waals surface area contributed by atoms with E-state index in [4.69, 9.17) is 5.14 Å². The summed E-state index contributed by atoms with van der Waals surface area (Å²) in [6, 6.07) is 15.8. The number of hydrogen-bond donors (Lipinski definition) is 2. The maximum Gasteiger partial charge on any atom is 0.380 e. The summed E-state index contributed by atoms with van der Waals surface area (Å²) in [4.78, 5) is 17.3. The first kappa shape index (κ1) is 21.9. The maximum atomic E-state index is 12.6. The predicted octanol–water partition coefficient (Wildman–Crippen LogP) is 2.93. The zero-order chi connectivity index (χ0) is 21.6. The number of nitrogens with zero attached hydrogens (tertiary/aromatic N) is 1. The zero-order valence-corrected chi connectivity index (χ0v) is 18.1. The van der Waals surface area contributed by atoms with Crippen molar-refractivity contribution in [3.63, 3.8) is 0 Å². The minimum atomic E-state index is -4.07. The summed E-state index contributed by atoms with van der Waals surface area (Å²) in [5.74, 6) is 0.0436. The van der Waals surface area contributed by atoms with E-state index in [1.807, 2.05) is 42.6 Å². The van der Waals surface area contributed by atoms with Crippen LogP contribution in [0.1, 0.15) is 34.8 Å². The van der Waals surface area contributed by atoms with Gasteiger partial charge >= 0.3 is 10.3 Å². The minimum absolute atomic E-state index is 0.0892. The Labute approximate surface area is 180 Å². The molecule has 0 saturated carbocycles. The summed E-state index contributed by atoms with van der Waals surface area (Å²) in [6.45, 7) is 2.03. The molecule has 3 rings (SSSR count). The molecule has 0 fully saturated rings. The van der Waals surface area contributed by atoms with Gasteiger partial charge in [0.05, 0.1) is 18.2 Å². The molecule has 0 aliphatic heterocycles. The number of carbonyl (C=O) groups is 1. The number of hydrogen-bond acceptors (Lipinski definition) is 6. The highest BCUT2D eigenvalue weighted by atomic mass is 32.2. The molecule has 1 atom stereocenters. The van der Waals surface area contributed by atoms with E-state index in [1.165, 1.54) is 23.5 Å². The van der Waals surface area contributed by atoms with Crippen LogP contribution in [0.25, 0.3) is 0 Å². The second kappa shape index (κ2) is 9.84. The first-order valence-electron chi connectivity index (χ1n) is 9.41. The number of carbonyl (C=O) groups excluding carboxylic acids is 1. The number of rotatable bonds is 9. The first-order valence-corrected chi connectivity index (χ1v) is 11.8. The van der Waals surface area contributed by atoms with Crippen LogP contribution in [-0.4, -0.2) is 19.3 Å². The molecular formula is C21H23N3O4S2. The lowest BCUT2D eigenvalue weighted by molar-refractivity contribution is -0.121. The molecule has 0 saturated heterocycles. The smallest absolute Gasteiger partial charge is 0.371 e. The molecule has 3 aromatic rings. The molecule has 1 heterocycles. The van der Waals surface area contributed by atoms with Gasteiger partial charge < -0.3 is 9.50 Å². The SMILES string of the molecule is CCc1csc([C@H](Cc2ccc(OS(N)(=O)=O)cc2)NC(=O)Cc2ccccc2)n1. The number of nitrogens with two attached hydrogens (primary N) is 1. The molecule has 0 aliphatic rings. The van der Waals surface area contributed by atoms with E-state index in [2.05, 4.69) is 14.5 Å². The third kappa shape index (κ3) is 6.65. The predicted molar refractivity (Wildman–Crippen MR) is 116 cm³/mol. The average molecular weight is 446 g/mol. The Balaban J connectivity index is 1.75. The topological polar surface area (TPSA) is 111 Å². The van der Waals surface area contributed by atoms with Gasteiger partial charge in [0, 0.05) is 5.38 Å². The largest absolute Gasteiger partial charge is 0.380 e. The normalized spacial score (nSPS) is 12.3. The fourth-order valence-electron chi connectivity index (χ4n) is 2.92. The van der Waals surface area contributed by atoms with Crippen molar-refractivity contribution >= 4 is 27.5 Å². The number of nitrogens with one attached hydrogen (secondary N) is 1. The second-order valence-electron chi connectivity index (χ2n) is 6.74. The Morgan fingerprint density at radius 3 is 2.43 bits per heavy atom. The Kier molecular flexibility index (Phi) is 7.20. The van der Waals surface area contributed by atoms with Crippen LogP contribution in [0.15, 0.2) is 60.0 Å². The number of benzene rings is 2. The van der Waals surface area contributed by atoms with Crippen LogP contribution in [0.2, 0.25) is 0 Å². The third-order valence-electron chi connectivity index (χ3n) is 4.35. The lowest BCUT2D eigenvalue weighted by Crippen LogP contribution is -2.31. The van der Waals surface area contributed by atoms with Crippen molar-refractivity contribution < 1.29 is 17.4 Å². The molecule has 2 aromatic carbocycles. The summed E-state index contributed by atoms with van der Waals surface area (Å²) in [5, 5.41) is 10.8. The fraction of sp³-hybridized carbons (Fsp3) is 0.238. The quantitative estimate of drug-likeness (QED) is 0.526. The summed E-state index contributed by atoms with van der Waals surface area (Å²) in [5.41, 5.74) is 2.82. The molecule has 1 aromatic heterocycles. The summed E-state index contributed by atoms with van der Waals surface area (Å²) < 4.78 is 26.8. The van der Waals surface area contributed by atoms with Crippen molar-refractivity contribution in [2.75, 3.05) is 0 Å². The molecule has 30 heavy (non-hydrogen) atoms. The number of amides is 1. The van der Waals surface area contributed by atoms with E-state index >= 15 is 0 Å². The van der Waals surface area contributed by atoms with Crippen LogP contribution in [-0.2, 0) is 34.4 Å². The first-order chi connectivity index (χ1) is 14.3. The van der Waals surface area contributed by atoms with E-state index in [-0.39, 0.29) is 24.1 Å². The number of aryl methyl sites for hydroxylation is 1. The van der Waals surface area contributed by atoms with E-state index in [9.17, 15) is 13.2 Å². The molecule has 0 bridgehead atoms. The maximum absolute atomic E-state index is 12.6. The van der Waals surface area contributed by atoms with Gasteiger partial charge in [-0.15, -0.1) is 11.3 Å². The van der Waals surface area contributed by atoms with Gasteiger partial charge in [-0.05, 0) is 36.1 Å². The van der Waals surface area contributed by atoms with Crippen molar-refractivity contribution in [1.29, 1.82) is 0 Å². The molecule has 1 amide bonds. The van der Waals surface area contributed by atoms with Gasteiger partial charge in [0.1, 0.15) is 10.8 Å².